The van der Waals surface area contributed by atoms with E-state index in [1.54, 1.807) is 24.3 Å². The van der Waals surface area contributed by atoms with Gasteiger partial charge in [-0.15, -0.1) is 0 Å². The van der Waals surface area contributed by atoms with Gasteiger partial charge in [0.05, 0.1) is 16.1 Å². The first-order valence-corrected chi connectivity index (χ1v) is 11.9. The third-order valence-electron chi connectivity index (χ3n) is 4.85. The average molecular weight is 485 g/mol. The summed E-state index contributed by atoms with van der Waals surface area (Å²) in [5, 5.41) is 4.61. The van der Waals surface area contributed by atoms with E-state index in [1.807, 2.05) is 42.5 Å². The molecular formula is C24H18Cl2N2O3S. The maximum absolute atomic E-state index is 13.1. The van der Waals surface area contributed by atoms with Crippen LogP contribution in [0.3, 0.4) is 0 Å². The van der Waals surface area contributed by atoms with Crippen molar-refractivity contribution < 1.29 is 13.2 Å². The van der Waals surface area contributed by atoms with Crippen molar-refractivity contribution in [3.05, 3.63) is 106 Å². The van der Waals surface area contributed by atoms with Gasteiger partial charge < -0.3 is 5.32 Å². The van der Waals surface area contributed by atoms with Gasteiger partial charge in [0.1, 0.15) is 0 Å². The van der Waals surface area contributed by atoms with Gasteiger partial charge in [0.15, 0.2) is 0 Å². The Balaban J connectivity index is 1.74. The largest absolute Gasteiger partial charge is 0.348 e. The fraction of sp³-hybridized carbons (Fsp3) is 0.0417. The van der Waals surface area contributed by atoms with E-state index in [-0.39, 0.29) is 26.2 Å². The Labute approximate surface area is 196 Å². The van der Waals surface area contributed by atoms with Crippen LogP contribution in [0.5, 0.6) is 0 Å². The number of hydrogen-bond donors (Lipinski definition) is 2. The van der Waals surface area contributed by atoms with E-state index in [9.17, 15) is 13.2 Å². The third-order valence-corrected chi connectivity index (χ3v) is 6.62. The molecule has 8 heteroatoms. The molecule has 2 N–H and O–H groups in total. The number of halogens is 2. The fourth-order valence-corrected chi connectivity index (χ4v) is 5.15. The first kappa shape index (κ1) is 22.1. The molecule has 4 rings (SSSR count). The molecule has 0 aliphatic carbocycles. The van der Waals surface area contributed by atoms with Crippen LogP contribution >= 0.6 is 23.2 Å². The van der Waals surface area contributed by atoms with Crippen LogP contribution in [0.25, 0.3) is 10.8 Å². The lowest BCUT2D eigenvalue weighted by Crippen LogP contribution is -2.25. The maximum Gasteiger partial charge on any atom is 0.262 e. The van der Waals surface area contributed by atoms with Crippen molar-refractivity contribution in [1.29, 1.82) is 0 Å². The van der Waals surface area contributed by atoms with Crippen LogP contribution in [0.1, 0.15) is 15.9 Å². The summed E-state index contributed by atoms with van der Waals surface area (Å²) in [5.41, 5.74) is 1.32. The quantitative estimate of drug-likeness (QED) is 0.358. The highest BCUT2D eigenvalue weighted by Crippen LogP contribution is 2.31. The number of sulfonamides is 1. The number of anilines is 1. The summed E-state index contributed by atoms with van der Waals surface area (Å²) in [7, 11) is -4.07. The molecular weight excluding hydrogens is 467 g/mol. The summed E-state index contributed by atoms with van der Waals surface area (Å²) in [4.78, 5) is 12.9. The summed E-state index contributed by atoms with van der Waals surface area (Å²) in [6.45, 7) is 0.308. The summed E-state index contributed by atoms with van der Waals surface area (Å²) < 4.78 is 28.9. The number of hydrogen-bond acceptors (Lipinski definition) is 3. The topological polar surface area (TPSA) is 75.3 Å². The number of fused-ring (bicyclic) bond motifs is 1. The summed E-state index contributed by atoms with van der Waals surface area (Å²) >= 11 is 12.0. The zero-order valence-electron chi connectivity index (χ0n) is 16.7. The minimum Gasteiger partial charge on any atom is -0.348 e. The predicted octanol–water partition coefficient (Wildman–Crippen LogP) is 5.88. The van der Waals surface area contributed by atoms with Gasteiger partial charge in [0.25, 0.3) is 15.9 Å². The second kappa shape index (κ2) is 9.20. The van der Waals surface area contributed by atoms with Gasteiger partial charge in [0.2, 0.25) is 0 Å². The molecule has 0 atom stereocenters. The molecule has 0 unspecified atom stereocenters. The highest BCUT2D eigenvalue weighted by Gasteiger charge is 2.22. The second-order valence-electron chi connectivity index (χ2n) is 7.09. The number of amides is 1. The van der Waals surface area contributed by atoms with Crippen molar-refractivity contribution in [2.75, 3.05) is 4.72 Å². The Morgan fingerprint density at radius 2 is 1.47 bits per heavy atom. The SMILES string of the molecule is O=C(NCc1ccccc1)c1ccc2ccccc2c1NS(=O)(=O)c1cc(Cl)cc(Cl)c1. The van der Waals surface area contributed by atoms with Crippen LogP contribution in [0.4, 0.5) is 5.69 Å². The minimum atomic E-state index is -4.07. The Morgan fingerprint density at radius 1 is 0.812 bits per heavy atom. The van der Waals surface area contributed by atoms with Gasteiger partial charge in [-0.2, -0.15) is 0 Å². The van der Waals surface area contributed by atoms with E-state index in [0.29, 0.717) is 11.9 Å². The number of nitrogens with one attached hydrogen (secondary N) is 2. The molecule has 5 nitrogen and oxygen atoms in total. The van der Waals surface area contributed by atoms with Crippen LogP contribution in [-0.4, -0.2) is 14.3 Å². The van der Waals surface area contributed by atoms with E-state index >= 15 is 0 Å². The molecule has 0 saturated carbocycles. The van der Waals surface area contributed by atoms with Crippen LogP contribution in [-0.2, 0) is 16.6 Å². The monoisotopic (exact) mass is 484 g/mol. The third kappa shape index (κ3) is 4.88. The molecule has 0 spiro atoms. The Bertz CT molecular complexity index is 1390. The highest BCUT2D eigenvalue weighted by atomic mass is 35.5. The Morgan fingerprint density at radius 3 is 2.19 bits per heavy atom. The van der Waals surface area contributed by atoms with E-state index in [4.69, 9.17) is 23.2 Å². The lowest BCUT2D eigenvalue weighted by Gasteiger charge is -2.16. The first-order valence-electron chi connectivity index (χ1n) is 9.66. The molecule has 4 aromatic rings. The zero-order chi connectivity index (χ0) is 22.7. The van der Waals surface area contributed by atoms with Gasteiger partial charge >= 0.3 is 0 Å². The van der Waals surface area contributed by atoms with Gasteiger partial charge in [-0.3, -0.25) is 9.52 Å². The van der Waals surface area contributed by atoms with Crippen LogP contribution in [0.15, 0.2) is 89.8 Å². The molecule has 0 fully saturated rings. The van der Waals surface area contributed by atoms with Crippen molar-refractivity contribution in [3.8, 4) is 0 Å². The van der Waals surface area contributed by atoms with Crippen molar-refractivity contribution in [2.45, 2.75) is 11.4 Å². The Kier molecular flexibility index (Phi) is 6.37. The van der Waals surface area contributed by atoms with Gasteiger partial charge in [0, 0.05) is 22.0 Å². The molecule has 1 amide bonds. The number of carbonyl (C=O) groups excluding carboxylic acids is 1. The number of benzene rings is 4. The van der Waals surface area contributed by atoms with Gasteiger partial charge in [-0.25, -0.2) is 8.42 Å². The van der Waals surface area contributed by atoms with E-state index in [1.165, 1.54) is 18.2 Å². The van der Waals surface area contributed by atoms with E-state index in [0.717, 1.165) is 10.9 Å². The first-order chi connectivity index (χ1) is 15.3. The summed E-state index contributed by atoms with van der Waals surface area (Å²) in [6.07, 6.45) is 0. The molecule has 0 aliphatic rings. The van der Waals surface area contributed by atoms with Gasteiger partial charge in [-0.1, -0.05) is 83.9 Å². The van der Waals surface area contributed by atoms with E-state index in [2.05, 4.69) is 10.0 Å². The molecule has 0 radical (unpaired) electrons. The lowest BCUT2D eigenvalue weighted by atomic mass is 10.0. The summed E-state index contributed by atoms with van der Waals surface area (Å²) in [5.74, 6) is -0.401. The molecule has 0 aliphatic heterocycles. The highest BCUT2D eigenvalue weighted by molar-refractivity contribution is 7.92. The van der Waals surface area contributed by atoms with Gasteiger partial charge in [-0.05, 0) is 35.2 Å². The average Bonchev–Trinajstić information content (AvgIpc) is 2.77. The molecule has 0 heterocycles. The maximum atomic E-state index is 13.1. The molecule has 32 heavy (non-hydrogen) atoms. The number of rotatable bonds is 6. The summed E-state index contributed by atoms with van der Waals surface area (Å²) in [6, 6.07) is 24.1. The normalized spacial score (nSPS) is 11.3. The molecule has 0 saturated heterocycles. The smallest absolute Gasteiger partial charge is 0.262 e. The van der Waals surface area contributed by atoms with E-state index < -0.39 is 15.9 Å². The van der Waals surface area contributed by atoms with Crippen LogP contribution < -0.4 is 10.0 Å². The van der Waals surface area contributed by atoms with Crippen molar-refractivity contribution in [2.24, 2.45) is 0 Å². The van der Waals surface area contributed by atoms with Crippen LogP contribution in [0.2, 0.25) is 10.0 Å². The zero-order valence-corrected chi connectivity index (χ0v) is 19.0. The predicted molar refractivity (Wildman–Crippen MR) is 129 cm³/mol. The standard InChI is InChI=1S/C24H18Cl2N2O3S/c25-18-12-19(26)14-20(13-18)32(30,31)28-23-21-9-5-4-8-17(21)10-11-22(23)24(29)27-15-16-6-2-1-3-7-16/h1-14,28H,15H2,(H,27,29). The van der Waals surface area contributed by atoms with Crippen molar-refractivity contribution in [1.82, 2.24) is 5.32 Å². The minimum absolute atomic E-state index is 0.0985. The Hall–Kier alpha value is -3.06. The lowest BCUT2D eigenvalue weighted by molar-refractivity contribution is 0.0952. The molecule has 0 bridgehead atoms. The fourth-order valence-electron chi connectivity index (χ4n) is 3.32. The molecule has 4 aromatic carbocycles. The van der Waals surface area contributed by atoms with Crippen molar-refractivity contribution >= 4 is 55.6 Å². The van der Waals surface area contributed by atoms with Crippen molar-refractivity contribution in [3.63, 3.8) is 0 Å². The molecule has 0 aromatic heterocycles. The molecule has 162 valence electrons. The van der Waals surface area contributed by atoms with Crippen LogP contribution in [0, 0.1) is 0 Å². The number of carbonyl (C=O) groups is 1. The second-order valence-corrected chi connectivity index (χ2v) is 9.64.